The monoisotopic (exact) mass is 302 g/mol. The molecule has 3 unspecified atom stereocenters. The highest BCUT2D eigenvalue weighted by Gasteiger charge is 2.54. The normalized spacial score (nSPS) is 35.2. The number of ether oxygens (including phenoxy) is 4. The third-order valence-corrected chi connectivity index (χ3v) is 3.68. The Bertz CT molecular complexity index is 375. The number of aliphatic hydroxyl groups excluding tert-OH is 1. The summed E-state index contributed by atoms with van der Waals surface area (Å²) < 4.78 is 22.7. The molecule has 20 heavy (non-hydrogen) atoms. The summed E-state index contributed by atoms with van der Waals surface area (Å²) in [5.74, 6) is 5.48. The summed E-state index contributed by atoms with van der Waals surface area (Å²) in [6, 6.07) is 0. The van der Waals surface area contributed by atoms with E-state index in [0.717, 1.165) is 14.9 Å². The maximum atomic E-state index is 9.34. The molecule has 0 aromatic carbocycles. The van der Waals surface area contributed by atoms with Crippen molar-refractivity contribution in [3.05, 3.63) is 0 Å². The smallest absolute Gasteiger partial charge is 0.164 e. The zero-order chi connectivity index (χ0) is 14.6. The van der Waals surface area contributed by atoms with Crippen LogP contribution in [0, 0.1) is 11.8 Å². The lowest BCUT2D eigenvalue weighted by molar-refractivity contribution is -0.184. The molecule has 2 aliphatic heterocycles. The minimum absolute atomic E-state index is 0.0840. The van der Waals surface area contributed by atoms with Crippen LogP contribution in [0.4, 0.5) is 0 Å². The molecule has 5 nitrogen and oxygen atoms in total. The third-order valence-electron chi connectivity index (χ3n) is 3.19. The quantitative estimate of drug-likeness (QED) is 0.465. The van der Waals surface area contributed by atoms with Gasteiger partial charge in [-0.1, -0.05) is 20.4 Å². The first-order valence-corrected chi connectivity index (χ1v) is 8.61. The van der Waals surface area contributed by atoms with Crippen molar-refractivity contribution in [2.75, 3.05) is 26.2 Å². The molecule has 0 saturated carbocycles. The standard InChI is InChI=1S/C14H23O5P/c1-14(2)18-12-10(6-4-5-7-16-9-20-3)17-11(8-15)13(12)19-14/h10-13,15,20H,5,7-9H2,1-3H3/t10-,11-,12?,13?/m1/s1. The Morgan fingerprint density at radius 3 is 2.75 bits per heavy atom. The van der Waals surface area contributed by atoms with Crippen molar-refractivity contribution >= 4 is 8.58 Å². The summed E-state index contributed by atoms with van der Waals surface area (Å²) in [4.78, 5) is 0. The van der Waals surface area contributed by atoms with Crippen LogP contribution in [0.15, 0.2) is 0 Å². The Kier molecular flexibility index (Phi) is 5.80. The Morgan fingerprint density at radius 2 is 2.05 bits per heavy atom. The number of fused-ring (bicyclic) bond motifs is 1. The van der Waals surface area contributed by atoms with E-state index in [-0.39, 0.29) is 31.0 Å². The highest BCUT2D eigenvalue weighted by Crippen LogP contribution is 2.38. The van der Waals surface area contributed by atoms with E-state index in [1.807, 2.05) is 13.8 Å². The van der Waals surface area contributed by atoms with E-state index in [4.69, 9.17) is 18.9 Å². The predicted molar refractivity (Wildman–Crippen MR) is 77.0 cm³/mol. The van der Waals surface area contributed by atoms with Gasteiger partial charge in [0.2, 0.25) is 0 Å². The first kappa shape index (κ1) is 16.2. The van der Waals surface area contributed by atoms with Gasteiger partial charge < -0.3 is 24.1 Å². The molecule has 6 heteroatoms. The minimum atomic E-state index is -0.641. The van der Waals surface area contributed by atoms with Crippen LogP contribution in [0.5, 0.6) is 0 Å². The maximum Gasteiger partial charge on any atom is 0.164 e. The molecule has 0 radical (unpaired) electrons. The average molecular weight is 302 g/mol. The SMILES string of the molecule is CPCOCCC#C[C@H]1O[C@H](CO)C2OC(C)(C)OC21. The van der Waals surface area contributed by atoms with Gasteiger partial charge in [0.15, 0.2) is 5.79 Å². The number of hydrogen-bond acceptors (Lipinski definition) is 5. The van der Waals surface area contributed by atoms with Gasteiger partial charge in [0, 0.05) is 6.42 Å². The van der Waals surface area contributed by atoms with Crippen LogP contribution in [0.25, 0.3) is 0 Å². The van der Waals surface area contributed by atoms with E-state index in [0.29, 0.717) is 13.0 Å². The van der Waals surface area contributed by atoms with E-state index in [9.17, 15) is 5.11 Å². The van der Waals surface area contributed by atoms with Crippen molar-refractivity contribution in [3.63, 3.8) is 0 Å². The van der Waals surface area contributed by atoms with E-state index in [1.54, 1.807) is 0 Å². The topological polar surface area (TPSA) is 57.2 Å². The Hall–Kier alpha value is -0.210. The molecular weight excluding hydrogens is 279 g/mol. The second-order valence-corrected chi connectivity index (χ2v) is 6.32. The van der Waals surface area contributed by atoms with Gasteiger partial charge in [0.05, 0.1) is 19.6 Å². The van der Waals surface area contributed by atoms with E-state index < -0.39 is 5.79 Å². The molecule has 0 aromatic rings. The molecule has 1 N–H and O–H groups in total. The van der Waals surface area contributed by atoms with Crippen molar-refractivity contribution < 1.29 is 24.1 Å². The molecule has 2 saturated heterocycles. The first-order chi connectivity index (χ1) is 9.57. The summed E-state index contributed by atoms with van der Waals surface area (Å²) in [5, 5.41) is 9.34. The van der Waals surface area contributed by atoms with Gasteiger partial charge in [0.25, 0.3) is 0 Å². The second-order valence-electron chi connectivity index (χ2n) is 5.32. The van der Waals surface area contributed by atoms with Crippen molar-refractivity contribution in [3.8, 4) is 11.8 Å². The lowest BCUT2D eigenvalue weighted by atomic mass is 10.1. The minimum Gasteiger partial charge on any atom is -0.394 e. The van der Waals surface area contributed by atoms with Crippen molar-refractivity contribution in [2.24, 2.45) is 0 Å². The van der Waals surface area contributed by atoms with E-state index in [1.165, 1.54) is 0 Å². The van der Waals surface area contributed by atoms with Gasteiger partial charge in [0.1, 0.15) is 24.4 Å². The summed E-state index contributed by atoms with van der Waals surface area (Å²) in [6.07, 6.45) is 0.296. The third kappa shape index (κ3) is 3.92. The van der Waals surface area contributed by atoms with Crippen LogP contribution in [-0.4, -0.2) is 61.5 Å². The molecule has 0 aromatic heterocycles. The van der Waals surface area contributed by atoms with Crippen LogP contribution in [0.3, 0.4) is 0 Å². The van der Waals surface area contributed by atoms with Gasteiger partial charge in [-0.25, -0.2) is 0 Å². The van der Waals surface area contributed by atoms with Crippen LogP contribution < -0.4 is 0 Å². The number of aliphatic hydroxyl groups is 1. The summed E-state index contributed by atoms with van der Waals surface area (Å²) >= 11 is 0. The first-order valence-electron chi connectivity index (χ1n) is 6.90. The largest absolute Gasteiger partial charge is 0.394 e. The molecule has 0 amide bonds. The van der Waals surface area contributed by atoms with Crippen LogP contribution in [0.1, 0.15) is 20.3 Å². The Labute approximate surface area is 122 Å². The van der Waals surface area contributed by atoms with Gasteiger partial charge >= 0.3 is 0 Å². The summed E-state index contributed by atoms with van der Waals surface area (Å²) in [7, 11) is 0.807. The van der Waals surface area contributed by atoms with E-state index in [2.05, 4.69) is 18.5 Å². The molecular formula is C14H23O5P. The molecule has 0 spiro atoms. The van der Waals surface area contributed by atoms with Crippen molar-refractivity contribution in [2.45, 2.75) is 50.5 Å². The number of hydrogen-bond donors (Lipinski definition) is 1. The molecule has 2 aliphatic rings. The average Bonchev–Trinajstić information content (AvgIpc) is 2.87. The van der Waals surface area contributed by atoms with Crippen LogP contribution >= 0.6 is 8.58 Å². The van der Waals surface area contributed by atoms with Crippen molar-refractivity contribution in [1.29, 1.82) is 0 Å². The summed E-state index contributed by atoms with van der Waals surface area (Å²) in [5.41, 5.74) is 0. The van der Waals surface area contributed by atoms with Gasteiger partial charge in [-0.2, -0.15) is 0 Å². The van der Waals surface area contributed by atoms with Gasteiger partial charge in [-0.05, 0) is 20.5 Å². The lowest BCUT2D eigenvalue weighted by Crippen LogP contribution is -2.31. The highest BCUT2D eigenvalue weighted by atomic mass is 31.1. The zero-order valence-electron chi connectivity index (χ0n) is 12.2. The fraction of sp³-hybridized carbons (Fsp3) is 0.857. The van der Waals surface area contributed by atoms with E-state index >= 15 is 0 Å². The molecule has 114 valence electrons. The Morgan fingerprint density at radius 1 is 1.30 bits per heavy atom. The fourth-order valence-corrected chi connectivity index (χ4v) is 2.76. The summed E-state index contributed by atoms with van der Waals surface area (Å²) in [6.45, 7) is 6.39. The van der Waals surface area contributed by atoms with Crippen LogP contribution in [0.2, 0.25) is 0 Å². The lowest BCUT2D eigenvalue weighted by Gasteiger charge is -2.21. The molecule has 5 atom stereocenters. The predicted octanol–water partition coefficient (Wildman–Crippen LogP) is 0.942. The van der Waals surface area contributed by atoms with Crippen LogP contribution in [-0.2, 0) is 18.9 Å². The van der Waals surface area contributed by atoms with Crippen molar-refractivity contribution in [1.82, 2.24) is 0 Å². The molecule has 2 heterocycles. The second kappa shape index (κ2) is 7.17. The molecule has 2 fully saturated rings. The molecule has 2 rings (SSSR count). The number of rotatable bonds is 5. The van der Waals surface area contributed by atoms with Gasteiger partial charge in [-0.3, -0.25) is 0 Å². The highest BCUT2D eigenvalue weighted by molar-refractivity contribution is 7.36. The molecule has 0 aliphatic carbocycles. The zero-order valence-corrected chi connectivity index (χ0v) is 13.2. The Balaban J connectivity index is 1.87. The maximum absolute atomic E-state index is 9.34. The molecule has 0 bridgehead atoms. The fourth-order valence-electron chi connectivity index (χ4n) is 2.42. The van der Waals surface area contributed by atoms with Gasteiger partial charge in [-0.15, -0.1) is 0 Å².